The van der Waals surface area contributed by atoms with E-state index in [1.807, 2.05) is 43.5 Å². The normalized spacial score (nSPS) is 13.5. The predicted molar refractivity (Wildman–Crippen MR) is 159 cm³/mol. The van der Waals surface area contributed by atoms with Gasteiger partial charge in [-0.05, 0) is 54.6 Å². The number of pyridine rings is 1. The monoisotopic (exact) mass is 591 g/mol. The molecule has 212 valence electrons. The van der Waals surface area contributed by atoms with Crippen molar-refractivity contribution in [2.24, 2.45) is 0 Å². The van der Waals surface area contributed by atoms with E-state index in [0.717, 1.165) is 14.7 Å². The molecule has 3 N–H and O–H groups in total. The molecule has 0 fully saturated rings. The average Bonchev–Trinajstić information content (AvgIpc) is 3.33. The number of fused-ring (bicyclic) bond motifs is 3. The van der Waals surface area contributed by atoms with Crippen LogP contribution in [-0.4, -0.2) is 64.2 Å². The van der Waals surface area contributed by atoms with Crippen LogP contribution in [-0.2, 0) is 4.74 Å². The predicted octanol–water partition coefficient (Wildman–Crippen LogP) is 3.95. The van der Waals surface area contributed by atoms with Crippen LogP contribution in [0.15, 0.2) is 81.7 Å². The number of benzene rings is 2. The molecule has 2 aromatic heterocycles. The Morgan fingerprint density at radius 1 is 1.17 bits per heavy atom. The summed E-state index contributed by atoms with van der Waals surface area (Å²) in [6, 6.07) is 16.4. The Morgan fingerprint density at radius 3 is 2.93 bits per heavy atom. The summed E-state index contributed by atoms with van der Waals surface area (Å²) in [5.74, 6) is -0.429. The molecule has 0 radical (unpaired) electrons. The molecule has 3 heterocycles. The zero-order valence-corrected chi connectivity index (χ0v) is 24.1. The number of anilines is 1. The maximum Gasteiger partial charge on any atom is 0.256 e. The summed E-state index contributed by atoms with van der Waals surface area (Å²) in [6.45, 7) is 3.15. The molecule has 13 heteroatoms. The van der Waals surface area contributed by atoms with Gasteiger partial charge in [0, 0.05) is 46.1 Å². The van der Waals surface area contributed by atoms with Gasteiger partial charge in [-0.1, -0.05) is 40.5 Å². The standard InChI is InChI=1S/C28H29N7O4S2/c1-18(38-13-6-14-39-35-26-22(33-34-35)8-5-12-30-26)40-20(16-29-2)17-31-27(36)19-10-11-25-23(15-19)32-28(37)21-7-3-4-9-24(21)41-25/h3-5,7-12,15-16,18,29H,6,13-14,17H2,1-2H3,(H,31,36)(H,32,37)/b20-16-. The van der Waals surface area contributed by atoms with Gasteiger partial charge < -0.3 is 25.5 Å². The molecule has 0 bridgehead atoms. The molecule has 1 unspecified atom stereocenters. The topological polar surface area (TPSA) is 132 Å². The summed E-state index contributed by atoms with van der Waals surface area (Å²) in [4.78, 5) is 39.5. The van der Waals surface area contributed by atoms with E-state index >= 15 is 0 Å². The Balaban J connectivity index is 1.08. The quantitative estimate of drug-likeness (QED) is 0.164. The minimum absolute atomic E-state index is 0.151. The number of nitrogens with zero attached hydrogens (tertiary/aromatic N) is 4. The van der Waals surface area contributed by atoms with E-state index in [1.165, 1.54) is 28.4 Å². The molecule has 1 aliphatic rings. The van der Waals surface area contributed by atoms with Crippen molar-refractivity contribution >= 4 is 52.2 Å². The highest BCUT2D eigenvalue weighted by Gasteiger charge is 2.21. The van der Waals surface area contributed by atoms with Gasteiger partial charge in [-0.3, -0.25) is 9.59 Å². The van der Waals surface area contributed by atoms with E-state index in [2.05, 4.69) is 31.2 Å². The molecule has 5 rings (SSSR count). The van der Waals surface area contributed by atoms with Crippen molar-refractivity contribution < 1.29 is 19.2 Å². The Hall–Kier alpha value is -4.07. The van der Waals surface area contributed by atoms with E-state index in [4.69, 9.17) is 9.57 Å². The lowest BCUT2D eigenvalue weighted by molar-refractivity contribution is 0.0548. The zero-order chi connectivity index (χ0) is 28.6. The molecule has 41 heavy (non-hydrogen) atoms. The van der Waals surface area contributed by atoms with Crippen LogP contribution in [0.4, 0.5) is 5.69 Å². The van der Waals surface area contributed by atoms with Gasteiger partial charge in [-0.2, -0.15) is 0 Å². The Bertz CT molecular complexity index is 1580. The van der Waals surface area contributed by atoms with Crippen LogP contribution in [0.5, 0.6) is 0 Å². The van der Waals surface area contributed by atoms with E-state index in [-0.39, 0.29) is 17.3 Å². The number of carbonyl (C=O) groups excluding carboxylic acids is 2. The second-order valence-electron chi connectivity index (χ2n) is 8.90. The van der Waals surface area contributed by atoms with Crippen LogP contribution >= 0.6 is 23.5 Å². The second-order valence-corrected chi connectivity index (χ2v) is 11.4. The number of carbonyl (C=O) groups is 2. The Labute approximate surface area is 245 Å². The molecule has 1 aliphatic heterocycles. The van der Waals surface area contributed by atoms with Gasteiger partial charge in [0.05, 0.1) is 24.4 Å². The number of hydrogen-bond donors (Lipinski definition) is 3. The lowest BCUT2D eigenvalue weighted by atomic mass is 10.1. The fourth-order valence-corrected chi connectivity index (χ4v) is 5.95. The van der Waals surface area contributed by atoms with E-state index in [1.54, 1.807) is 37.5 Å². The molecule has 0 aliphatic carbocycles. The van der Waals surface area contributed by atoms with Crippen molar-refractivity contribution in [3.63, 3.8) is 0 Å². The first-order valence-electron chi connectivity index (χ1n) is 13.0. The molecular weight excluding hydrogens is 562 g/mol. The highest BCUT2D eigenvalue weighted by molar-refractivity contribution is 8.03. The minimum Gasteiger partial charge on any atom is -0.394 e. The van der Waals surface area contributed by atoms with Crippen molar-refractivity contribution in [1.29, 1.82) is 0 Å². The molecule has 0 spiro atoms. The fraction of sp³-hybridized carbons (Fsp3) is 0.250. The maximum absolute atomic E-state index is 13.0. The third-order valence-corrected chi connectivity index (χ3v) is 8.11. The summed E-state index contributed by atoms with van der Waals surface area (Å²) >= 11 is 3.01. The highest BCUT2D eigenvalue weighted by atomic mass is 32.2. The third-order valence-electron chi connectivity index (χ3n) is 5.92. The first kappa shape index (κ1) is 28.5. The maximum atomic E-state index is 13.0. The number of hydrogen-bond acceptors (Lipinski definition) is 10. The van der Waals surface area contributed by atoms with E-state index < -0.39 is 0 Å². The van der Waals surface area contributed by atoms with Crippen LogP contribution in [0.25, 0.3) is 11.2 Å². The van der Waals surface area contributed by atoms with E-state index in [9.17, 15) is 9.59 Å². The molecule has 4 aromatic rings. The lowest BCUT2D eigenvalue weighted by Crippen LogP contribution is -2.26. The van der Waals surface area contributed by atoms with Gasteiger partial charge in [-0.25, -0.2) is 4.98 Å². The van der Waals surface area contributed by atoms with E-state index in [0.29, 0.717) is 54.2 Å². The molecule has 11 nitrogen and oxygen atoms in total. The summed E-state index contributed by atoms with van der Waals surface area (Å²) in [5.41, 5.74) is 2.78. The first-order valence-corrected chi connectivity index (χ1v) is 14.7. The number of ether oxygens (including phenoxy) is 1. The highest BCUT2D eigenvalue weighted by Crippen LogP contribution is 2.39. The molecule has 0 saturated heterocycles. The second kappa shape index (κ2) is 13.5. The molecule has 0 saturated carbocycles. The summed E-state index contributed by atoms with van der Waals surface area (Å²) in [7, 11) is 1.80. The van der Waals surface area contributed by atoms with Gasteiger partial charge in [0.25, 0.3) is 11.8 Å². The van der Waals surface area contributed by atoms with Gasteiger partial charge in [0.15, 0.2) is 0 Å². The molecule has 2 amide bonds. The lowest BCUT2D eigenvalue weighted by Gasteiger charge is -2.16. The fourth-order valence-electron chi connectivity index (χ4n) is 4.00. The number of nitrogens with one attached hydrogen (secondary N) is 3. The smallest absolute Gasteiger partial charge is 0.256 e. The van der Waals surface area contributed by atoms with Crippen LogP contribution in [0, 0.1) is 0 Å². The van der Waals surface area contributed by atoms with Crippen molar-refractivity contribution in [2.75, 3.05) is 32.1 Å². The van der Waals surface area contributed by atoms with Crippen molar-refractivity contribution in [1.82, 2.24) is 30.8 Å². The van der Waals surface area contributed by atoms with Crippen LogP contribution < -0.4 is 20.8 Å². The largest absolute Gasteiger partial charge is 0.394 e. The van der Waals surface area contributed by atoms with Crippen molar-refractivity contribution in [3.05, 3.63) is 83.0 Å². The molecule has 1 atom stereocenters. The first-order chi connectivity index (χ1) is 20.0. The number of rotatable bonds is 12. The zero-order valence-electron chi connectivity index (χ0n) is 22.5. The Kier molecular flexibility index (Phi) is 9.39. The molecule has 2 aromatic carbocycles. The average molecular weight is 592 g/mol. The summed E-state index contributed by atoms with van der Waals surface area (Å²) in [6.07, 6.45) is 4.15. The van der Waals surface area contributed by atoms with Gasteiger partial charge in [-0.15, -0.1) is 5.10 Å². The number of amides is 2. The van der Waals surface area contributed by atoms with Gasteiger partial charge >= 0.3 is 0 Å². The summed E-state index contributed by atoms with van der Waals surface area (Å²) in [5, 5.41) is 16.9. The number of aromatic nitrogens is 4. The van der Waals surface area contributed by atoms with Gasteiger partial charge in [0.1, 0.15) is 17.6 Å². The minimum atomic E-state index is -0.239. The third kappa shape index (κ3) is 7.17. The van der Waals surface area contributed by atoms with Crippen LogP contribution in [0.2, 0.25) is 0 Å². The summed E-state index contributed by atoms with van der Waals surface area (Å²) < 4.78 is 5.93. The van der Waals surface area contributed by atoms with Gasteiger partial charge in [0.2, 0.25) is 5.65 Å². The van der Waals surface area contributed by atoms with Crippen molar-refractivity contribution in [3.8, 4) is 0 Å². The van der Waals surface area contributed by atoms with Crippen LogP contribution in [0.1, 0.15) is 34.1 Å². The van der Waals surface area contributed by atoms with Crippen molar-refractivity contribution in [2.45, 2.75) is 28.6 Å². The SMILES string of the molecule is CN/C=C(/CNC(=O)c1ccc2c(c1)NC(=O)c1ccccc1S2)SC(C)OCCCOn1nnc2cccnc21. The van der Waals surface area contributed by atoms with Crippen LogP contribution in [0.3, 0.4) is 0 Å². The number of thioether (sulfide) groups is 1. The molecular formula is C28H29N7O4S2. The Morgan fingerprint density at radius 2 is 2.05 bits per heavy atom.